The smallest absolute Gasteiger partial charge is 0.328 e. The Labute approximate surface area is 113 Å². The minimum Gasteiger partial charge on any atom is -0.478 e. The lowest BCUT2D eigenvalue weighted by molar-refractivity contribution is -0.131. The highest BCUT2D eigenvalue weighted by Gasteiger charge is 2.20. The summed E-state index contributed by atoms with van der Waals surface area (Å²) in [5, 5.41) is 28.0. The third kappa shape index (κ3) is 5.68. The number of carboxylic acid groups (broad SMARTS) is 1. The van der Waals surface area contributed by atoms with Crippen LogP contribution in [0.25, 0.3) is 0 Å². The normalized spacial score (nSPS) is 16.2. The monoisotopic (exact) mass is 264 g/mol. The molecule has 19 heavy (non-hydrogen) atoms. The van der Waals surface area contributed by atoms with E-state index in [-0.39, 0.29) is 5.92 Å². The van der Waals surface area contributed by atoms with Crippen LogP contribution in [-0.2, 0) is 11.2 Å². The maximum atomic E-state index is 10.3. The summed E-state index contributed by atoms with van der Waals surface area (Å²) in [5.41, 5.74) is 1.18. The summed E-state index contributed by atoms with van der Waals surface area (Å²) in [4.78, 5) is 10.3. The quantitative estimate of drug-likeness (QED) is 0.654. The van der Waals surface area contributed by atoms with Crippen molar-refractivity contribution in [2.45, 2.75) is 32.0 Å². The Morgan fingerprint density at radius 2 is 1.89 bits per heavy atom. The molecule has 0 radical (unpaired) electrons. The minimum absolute atomic E-state index is 0.117. The number of carboxylic acids is 1. The highest BCUT2D eigenvalue weighted by atomic mass is 16.4. The van der Waals surface area contributed by atoms with Crippen molar-refractivity contribution in [1.82, 2.24) is 0 Å². The molecule has 0 heterocycles. The Kier molecular flexibility index (Phi) is 6.25. The fraction of sp³-hybridized carbons (Fsp3) is 0.400. The molecule has 0 amide bonds. The number of hydrogen-bond acceptors (Lipinski definition) is 3. The van der Waals surface area contributed by atoms with Crippen LogP contribution in [0.3, 0.4) is 0 Å². The molecule has 3 atom stereocenters. The highest BCUT2D eigenvalue weighted by molar-refractivity contribution is 5.79. The zero-order valence-electron chi connectivity index (χ0n) is 10.9. The van der Waals surface area contributed by atoms with E-state index < -0.39 is 18.2 Å². The SMILES string of the molecule is CC(CCc1ccccc1)C(O)C(O)C=CC(=O)O. The van der Waals surface area contributed by atoms with Crippen LogP contribution in [0.5, 0.6) is 0 Å². The van der Waals surface area contributed by atoms with E-state index in [1.807, 2.05) is 37.3 Å². The van der Waals surface area contributed by atoms with E-state index in [1.54, 1.807) is 0 Å². The van der Waals surface area contributed by atoms with E-state index in [2.05, 4.69) is 0 Å². The summed E-state index contributed by atoms with van der Waals surface area (Å²) >= 11 is 0. The number of carbonyl (C=O) groups is 1. The van der Waals surface area contributed by atoms with E-state index in [0.717, 1.165) is 25.0 Å². The predicted octanol–water partition coefficient (Wildman–Crippen LogP) is 1.62. The zero-order chi connectivity index (χ0) is 14.3. The molecule has 0 aliphatic heterocycles. The molecule has 0 spiro atoms. The van der Waals surface area contributed by atoms with Crippen molar-refractivity contribution in [2.75, 3.05) is 0 Å². The first-order chi connectivity index (χ1) is 9.00. The molecule has 104 valence electrons. The van der Waals surface area contributed by atoms with E-state index >= 15 is 0 Å². The van der Waals surface area contributed by atoms with E-state index in [9.17, 15) is 15.0 Å². The van der Waals surface area contributed by atoms with Gasteiger partial charge in [-0.2, -0.15) is 0 Å². The van der Waals surface area contributed by atoms with Gasteiger partial charge in [0.2, 0.25) is 0 Å². The lowest BCUT2D eigenvalue weighted by atomic mass is 9.93. The molecule has 3 unspecified atom stereocenters. The summed E-state index contributed by atoms with van der Waals surface area (Å²) < 4.78 is 0. The Morgan fingerprint density at radius 3 is 2.47 bits per heavy atom. The number of aliphatic hydroxyl groups is 2. The van der Waals surface area contributed by atoms with Crippen LogP contribution in [0, 0.1) is 5.92 Å². The third-order valence-corrected chi connectivity index (χ3v) is 3.10. The minimum atomic E-state index is -1.15. The van der Waals surface area contributed by atoms with E-state index in [0.29, 0.717) is 0 Å². The number of aliphatic carboxylic acids is 1. The molecule has 1 aromatic carbocycles. The summed E-state index contributed by atoms with van der Waals surface area (Å²) in [6, 6.07) is 9.89. The van der Waals surface area contributed by atoms with Crippen LogP contribution in [0.4, 0.5) is 0 Å². The summed E-state index contributed by atoms with van der Waals surface area (Å²) in [6.07, 6.45) is 1.38. The molecule has 0 saturated carbocycles. The predicted molar refractivity (Wildman–Crippen MR) is 72.7 cm³/mol. The molecule has 0 saturated heterocycles. The number of aliphatic hydroxyl groups excluding tert-OH is 2. The van der Waals surface area contributed by atoms with Crippen molar-refractivity contribution < 1.29 is 20.1 Å². The van der Waals surface area contributed by atoms with Gasteiger partial charge in [-0.25, -0.2) is 4.79 Å². The summed E-state index contributed by atoms with van der Waals surface area (Å²) in [5.74, 6) is -1.25. The molecule has 1 aromatic rings. The maximum Gasteiger partial charge on any atom is 0.328 e. The number of benzene rings is 1. The van der Waals surface area contributed by atoms with Gasteiger partial charge in [-0.05, 0) is 30.4 Å². The summed E-state index contributed by atoms with van der Waals surface area (Å²) in [6.45, 7) is 1.84. The van der Waals surface area contributed by atoms with Crippen LogP contribution in [0.15, 0.2) is 42.5 Å². The van der Waals surface area contributed by atoms with Crippen molar-refractivity contribution in [3.05, 3.63) is 48.0 Å². The average Bonchev–Trinajstić information content (AvgIpc) is 2.42. The van der Waals surface area contributed by atoms with Gasteiger partial charge in [0, 0.05) is 6.08 Å². The molecule has 0 aliphatic rings. The maximum absolute atomic E-state index is 10.3. The van der Waals surface area contributed by atoms with Crippen molar-refractivity contribution >= 4 is 5.97 Å². The fourth-order valence-electron chi connectivity index (χ4n) is 1.84. The topological polar surface area (TPSA) is 77.8 Å². The molecule has 0 aromatic heterocycles. The highest BCUT2D eigenvalue weighted by Crippen LogP contribution is 2.16. The van der Waals surface area contributed by atoms with Crippen molar-refractivity contribution in [3.63, 3.8) is 0 Å². The standard InChI is InChI=1S/C15H20O4/c1-11(7-8-12-5-3-2-4-6-12)15(19)13(16)9-10-14(17)18/h2-6,9-11,13,15-16,19H,7-8H2,1H3,(H,17,18). The van der Waals surface area contributed by atoms with Crippen LogP contribution in [-0.4, -0.2) is 33.5 Å². The Morgan fingerprint density at radius 1 is 1.26 bits per heavy atom. The van der Waals surface area contributed by atoms with Crippen molar-refractivity contribution in [2.24, 2.45) is 5.92 Å². The Hall–Kier alpha value is -1.65. The molecule has 0 aliphatic carbocycles. The van der Waals surface area contributed by atoms with Gasteiger partial charge in [-0.1, -0.05) is 37.3 Å². The van der Waals surface area contributed by atoms with Gasteiger partial charge in [-0.3, -0.25) is 0 Å². The number of hydrogen-bond donors (Lipinski definition) is 3. The second-order valence-corrected chi connectivity index (χ2v) is 4.68. The molecule has 4 nitrogen and oxygen atoms in total. The van der Waals surface area contributed by atoms with E-state index in [1.165, 1.54) is 5.56 Å². The Bertz CT molecular complexity index is 413. The van der Waals surface area contributed by atoms with Crippen molar-refractivity contribution in [1.29, 1.82) is 0 Å². The first-order valence-corrected chi connectivity index (χ1v) is 6.32. The first kappa shape index (κ1) is 15.4. The van der Waals surface area contributed by atoms with E-state index in [4.69, 9.17) is 5.11 Å². The molecule has 3 N–H and O–H groups in total. The molecular weight excluding hydrogens is 244 g/mol. The summed E-state index contributed by atoms with van der Waals surface area (Å²) in [7, 11) is 0. The Balaban J connectivity index is 2.44. The average molecular weight is 264 g/mol. The van der Waals surface area contributed by atoms with Crippen LogP contribution >= 0.6 is 0 Å². The van der Waals surface area contributed by atoms with Gasteiger partial charge in [0.25, 0.3) is 0 Å². The second-order valence-electron chi connectivity index (χ2n) is 4.68. The molecule has 1 rings (SSSR count). The van der Waals surface area contributed by atoms with Gasteiger partial charge in [0.15, 0.2) is 0 Å². The largest absolute Gasteiger partial charge is 0.478 e. The van der Waals surface area contributed by atoms with Gasteiger partial charge in [-0.15, -0.1) is 0 Å². The van der Waals surface area contributed by atoms with Gasteiger partial charge < -0.3 is 15.3 Å². The number of rotatable bonds is 7. The molecule has 4 heteroatoms. The van der Waals surface area contributed by atoms with Gasteiger partial charge >= 0.3 is 5.97 Å². The van der Waals surface area contributed by atoms with Crippen molar-refractivity contribution in [3.8, 4) is 0 Å². The second kappa shape index (κ2) is 7.71. The molecule has 0 fully saturated rings. The van der Waals surface area contributed by atoms with Crippen LogP contribution < -0.4 is 0 Å². The van der Waals surface area contributed by atoms with Gasteiger partial charge in [0.1, 0.15) is 0 Å². The van der Waals surface area contributed by atoms with Crippen LogP contribution in [0.2, 0.25) is 0 Å². The fourth-order valence-corrected chi connectivity index (χ4v) is 1.84. The number of aryl methyl sites for hydroxylation is 1. The van der Waals surface area contributed by atoms with Crippen LogP contribution in [0.1, 0.15) is 18.9 Å². The lowest BCUT2D eigenvalue weighted by Crippen LogP contribution is -2.31. The molecule has 0 bridgehead atoms. The lowest BCUT2D eigenvalue weighted by Gasteiger charge is -2.21. The molecular formula is C15H20O4. The third-order valence-electron chi connectivity index (χ3n) is 3.10. The zero-order valence-corrected chi connectivity index (χ0v) is 10.9. The van der Waals surface area contributed by atoms with Gasteiger partial charge in [0.05, 0.1) is 12.2 Å². The first-order valence-electron chi connectivity index (χ1n) is 6.32.